The summed E-state index contributed by atoms with van der Waals surface area (Å²) in [6.07, 6.45) is 0. The van der Waals surface area contributed by atoms with Crippen LogP contribution in [-0.2, 0) is 0 Å². The van der Waals surface area contributed by atoms with Crippen LogP contribution < -0.4 is 9.64 Å². The lowest BCUT2D eigenvalue weighted by Crippen LogP contribution is -2.40. The van der Waals surface area contributed by atoms with Gasteiger partial charge in [0.15, 0.2) is 0 Å². The van der Waals surface area contributed by atoms with E-state index >= 15 is 0 Å². The van der Waals surface area contributed by atoms with Crippen molar-refractivity contribution in [1.82, 2.24) is 0 Å². The number of anilines is 1. The Kier molecular flexibility index (Phi) is 2.68. The van der Waals surface area contributed by atoms with E-state index in [1.807, 2.05) is 6.07 Å². The van der Waals surface area contributed by atoms with Gasteiger partial charge in [-0.2, -0.15) is 0 Å². The lowest BCUT2D eigenvalue weighted by Gasteiger charge is -2.36. The molecule has 0 saturated carbocycles. The highest BCUT2D eigenvalue weighted by atomic mass is 79.9. The Morgan fingerprint density at radius 3 is 3.07 bits per heavy atom. The van der Waals surface area contributed by atoms with Gasteiger partial charge in [-0.3, -0.25) is 0 Å². The van der Waals surface area contributed by atoms with Crippen LogP contribution in [0.5, 0.6) is 5.75 Å². The first-order chi connectivity index (χ1) is 6.72. The summed E-state index contributed by atoms with van der Waals surface area (Å²) < 4.78 is 6.75. The molecule has 0 fully saturated rings. The van der Waals surface area contributed by atoms with E-state index in [0.29, 0.717) is 6.04 Å². The molecule has 76 valence electrons. The minimum atomic E-state index is 0.466. The first-order valence-electron chi connectivity index (χ1n) is 4.91. The third-order valence-electron chi connectivity index (χ3n) is 2.58. The molecule has 1 aliphatic rings. The molecule has 3 heteroatoms. The van der Waals surface area contributed by atoms with E-state index in [9.17, 15) is 0 Å². The maximum atomic E-state index is 5.68. The number of likely N-dealkylation sites (N-methyl/N-ethyl adjacent to an activating group) is 1. The van der Waals surface area contributed by atoms with E-state index < -0.39 is 0 Å². The number of nitrogens with zero attached hydrogens (tertiary/aromatic N) is 1. The maximum Gasteiger partial charge on any atom is 0.143 e. The third kappa shape index (κ3) is 1.61. The van der Waals surface area contributed by atoms with E-state index in [1.54, 1.807) is 0 Å². The molecule has 0 aromatic heterocycles. The van der Waals surface area contributed by atoms with Crippen molar-refractivity contribution in [3.63, 3.8) is 0 Å². The highest BCUT2D eigenvalue weighted by molar-refractivity contribution is 9.10. The van der Waals surface area contributed by atoms with Crippen molar-refractivity contribution >= 4 is 21.6 Å². The van der Waals surface area contributed by atoms with E-state index in [-0.39, 0.29) is 0 Å². The largest absolute Gasteiger partial charge is 0.489 e. The first-order valence-corrected chi connectivity index (χ1v) is 5.70. The van der Waals surface area contributed by atoms with E-state index in [2.05, 4.69) is 46.8 Å². The average molecular weight is 256 g/mol. The Balaban J connectivity index is 2.41. The van der Waals surface area contributed by atoms with E-state index in [1.165, 1.54) is 5.69 Å². The summed E-state index contributed by atoms with van der Waals surface area (Å²) in [5.74, 6) is 0.985. The van der Waals surface area contributed by atoms with Gasteiger partial charge in [-0.15, -0.1) is 0 Å². The molecule has 2 nitrogen and oxygen atoms in total. The summed E-state index contributed by atoms with van der Waals surface area (Å²) in [7, 11) is 0. The summed E-state index contributed by atoms with van der Waals surface area (Å²) in [6.45, 7) is 6.17. The van der Waals surface area contributed by atoms with Gasteiger partial charge in [0, 0.05) is 11.0 Å². The van der Waals surface area contributed by atoms with Crippen LogP contribution in [0.1, 0.15) is 13.8 Å². The SMILES string of the molecule is CCN1c2ccc(Br)cc2OCC1C. The predicted molar refractivity (Wildman–Crippen MR) is 62.1 cm³/mol. The second kappa shape index (κ2) is 3.81. The number of halogens is 1. The quantitative estimate of drug-likeness (QED) is 0.765. The fourth-order valence-corrected chi connectivity index (χ4v) is 2.20. The van der Waals surface area contributed by atoms with Crippen molar-refractivity contribution in [3.8, 4) is 5.75 Å². The summed E-state index contributed by atoms with van der Waals surface area (Å²) in [5.41, 5.74) is 1.20. The van der Waals surface area contributed by atoms with Gasteiger partial charge in [0.05, 0.1) is 11.7 Å². The van der Waals surface area contributed by atoms with Crippen LogP contribution in [0.15, 0.2) is 22.7 Å². The molecule has 1 aromatic carbocycles. The second-order valence-corrected chi connectivity index (χ2v) is 4.47. The monoisotopic (exact) mass is 255 g/mol. The van der Waals surface area contributed by atoms with Gasteiger partial charge in [-0.1, -0.05) is 15.9 Å². The van der Waals surface area contributed by atoms with Crippen LogP contribution in [0.3, 0.4) is 0 Å². The molecule has 0 N–H and O–H groups in total. The molecule has 1 heterocycles. The third-order valence-corrected chi connectivity index (χ3v) is 3.08. The number of fused-ring (bicyclic) bond motifs is 1. The van der Waals surface area contributed by atoms with Crippen LogP contribution in [-0.4, -0.2) is 19.2 Å². The standard InChI is InChI=1S/C11H14BrNO/c1-3-13-8(2)7-14-11-6-9(12)4-5-10(11)13/h4-6,8H,3,7H2,1-2H3. The molecule has 0 spiro atoms. The Bertz CT molecular complexity index is 340. The van der Waals surface area contributed by atoms with Crippen molar-refractivity contribution in [2.24, 2.45) is 0 Å². The van der Waals surface area contributed by atoms with Crippen LogP contribution in [0.25, 0.3) is 0 Å². The lowest BCUT2D eigenvalue weighted by atomic mass is 10.2. The fraction of sp³-hybridized carbons (Fsp3) is 0.455. The summed E-state index contributed by atoms with van der Waals surface area (Å²) in [6, 6.07) is 6.67. The van der Waals surface area contributed by atoms with Gasteiger partial charge >= 0.3 is 0 Å². The van der Waals surface area contributed by atoms with Crippen LogP contribution in [0.4, 0.5) is 5.69 Å². The Labute approximate surface area is 93.0 Å². The molecule has 0 amide bonds. The molecule has 1 aliphatic heterocycles. The zero-order valence-electron chi connectivity index (χ0n) is 8.46. The number of hydrogen-bond acceptors (Lipinski definition) is 2. The Hall–Kier alpha value is -0.700. The molecule has 0 radical (unpaired) electrons. The summed E-state index contributed by atoms with van der Waals surface area (Å²) >= 11 is 3.45. The van der Waals surface area contributed by atoms with Crippen molar-refractivity contribution < 1.29 is 4.74 Å². The van der Waals surface area contributed by atoms with Crippen LogP contribution in [0, 0.1) is 0 Å². The van der Waals surface area contributed by atoms with Gasteiger partial charge in [0.2, 0.25) is 0 Å². The molecule has 2 rings (SSSR count). The van der Waals surface area contributed by atoms with E-state index in [0.717, 1.165) is 23.4 Å². The average Bonchev–Trinajstić information content (AvgIpc) is 2.18. The zero-order valence-corrected chi connectivity index (χ0v) is 10.0. The number of hydrogen-bond donors (Lipinski definition) is 0. The minimum absolute atomic E-state index is 0.466. The van der Waals surface area contributed by atoms with Gasteiger partial charge in [-0.05, 0) is 32.0 Å². The normalized spacial score (nSPS) is 20.2. The van der Waals surface area contributed by atoms with Gasteiger partial charge in [0.1, 0.15) is 12.4 Å². The Morgan fingerprint density at radius 2 is 2.36 bits per heavy atom. The molecule has 0 bridgehead atoms. The molecular formula is C11H14BrNO. The number of rotatable bonds is 1. The first kappa shape index (κ1) is 9.84. The van der Waals surface area contributed by atoms with E-state index in [4.69, 9.17) is 4.74 Å². The van der Waals surface area contributed by atoms with Crippen LogP contribution >= 0.6 is 15.9 Å². The van der Waals surface area contributed by atoms with Gasteiger partial charge in [0.25, 0.3) is 0 Å². The number of ether oxygens (including phenoxy) is 1. The van der Waals surface area contributed by atoms with Gasteiger partial charge < -0.3 is 9.64 Å². The molecule has 1 atom stereocenters. The minimum Gasteiger partial charge on any atom is -0.489 e. The molecule has 1 aromatic rings. The molecule has 14 heavy (non-hydrogen) atoms. The topological polar surface area (TPSA) is 12.5 Å². The highest BCUT2D eigenvalue weighted by Crippen LogP contribution is 2.35. The summed E-state index contributed by atoms with van der Waals surface area (Å²) in [4.78, 5) is 2.37. The smallest absolute Gasteiger partial charge is 0.143 e. The van der Waals surface area contributed by atoms with Crippen molar-refractivity contribution in [2.45, 2.75) is 19.9 Å². The summed E-state index contributed by atoms with van der Waals surface area (Å²) in [5, 5.41) is 0. The molecule has 0 aliphatic carbocycles. The molecule has 0 saturated heterocycles. The maximum absolute atomic E-state index is 5.68. The molecular weight excluding hydrogens is 242 g/mol. The molecule has 1 unspecified atom stereocenters. The van der Waals surface area contributed by atoms with Crippen molar-refractivity contribution in [1.29, 1.82) is 0 Å². The Morgan fingerprint density at radius 1 is 1.57 bits per heavy atom. The highest BCUT2D eigenvalue weighted by Gasteiger charge is 2.22. The predicted octanol–water partition coefficient (Wildman–Crippen LogP) is 3.06. The zero-order chi connectivity index (χ0) is 10.1. The fourth-order valence-electron chi connectivity index (χ4n) is 1.86. The van der Waals surface area contributed by atoms with Gasteiger partial charge in [-0.25, -0.2) is 0 Å². The number of benzene rings is 1. The lowest BCUT2D eigenvalue weighted by molar-refractivity contribution is 0.271. The van der Waals surface area contributed by atoms with Crippen molar-refractivity contribution in [2.75, 3.05) is 18.1 Å². The van der Waals surface area contributed by atoms with Crippen molar-refractivity contribution in [3.05, 3.63) is 22.7 Å². The second-order valence-electron chi connectivity index (χ2n) is 3.56. The van der Waals surface area contributed by atoms with Crippen LogP contribution in [0.2, 0.25) is 0 Å².